The third-order valence-corrected chi connectivity index (χ3v) is 6.26. The maximum atomic E-state index is 12.8. The highest BCUT2D eigenvalue weighted by Crippen LogP contribution is 2.58. The van der Waals surface area contributed by atoms with Crippen molar-refractivity contribution in [3.05, 3.63) is 35.9 Å². The van der Waals surface area contributed by atoms with E-state index in [1.807, 2.05) is 44.2 Å². The Hall–Kier alpha value is -0.750. The fourth-order valence-corrected chi connectivity index (χ4v) is 4.69. The van der Waals surface area contributed by atoms with E-state index in [1.54, 1.807) is 13.8 Å². The van der Waals surface area contributed by atoms with Gasteiger partial charge in [-0.25, -0.2) is 0 Å². The number of hydrogen-bond acceptors (Lipinski definition) is 8. The molecule has 0 aromatic heterocycles. The summed E-state index contributed by atoms with van der Waals surface area (Å²) in [6, 6.07) is 9.27. The maximum Gasteiger partial charge on any atom is 0.665 e. The Morgan fingerprint density at radius 3 is 2.27 bits per heavy atom. The molecule has 30 heavy (non-hydrogen) atoms. The molecule has 1 aromatic carbocycles. The molecule has 0 spiro atoms. The van der Waals surface area contributed by atoms with Crippen molar-refractivity contribution in [3.8, 4) is 0 Å². The molecule has 1 unspecified atom stereocenters. The molecule has 167 valence electrons. The van der Waals surface area contributed by atoms with Gasteiger partial charge in [-0.1, -0.05) is 30.3 Å². The summed E-state index contributed by atoms with van der Waals surface area (Å²) in [7, 11) is -3.91. The second-order valence-corrected chi connectivity index (χ2v) is 10.0. The third kappa shape index (κ3) is 4.85. The summed E-state index contributed by atoms with van der Waals surface area (Å²) < 4.78 is 45.6. The minimum atomic E-state index is -3.91. The van der Waals surface area contributed by atoms with Gasteiger partial charge in [0.2, 0.25) is 0 Å². The number of ether oxygens (including phenoxy) is 5. The monoisotopic (exact) mass is 446 g/mol. The lowest BCUT2D eigenvalue weighted by atomic mass is 9.99. The lowest BCUT2D eigenvalue weighted by Crippen LogP contribution is -2.56. The number of quaternary nitrogens is 1. The van der Waals surface area contributed by atoms with Crippen molar-refractivity contribution in [1.29, 1.82) is 0 Å². The van der Waals surface area contributed by atoms with E-state index in [2.05, 4.69) is 5.90 Å². The topological polar surface area (TPSA) is 121 Å². The van der Waals surface area contributed by atoms with Crippen molar-refractivity contribution < 1.29 is 48.1 Å². The highest BCUT2D eigenvalue weighted by atomic mass is 31.2. The SMILES string of the molecule is CC1(C)O[C@H]2[C@@H](O1)[C@@H](CO[P+]([O])(O[NH3+])OCc1ccccc1)O[C@@H]1OC(C)(C)O[C@@H]12. The average Bonchev–Trinajstić information content (AvgIpc) is 3.19. The van der Waals surface area contributed by atoms with Gasteiger partial charge in [-0.2, -0.15) is 5.90 Å². The van der Waals surface area contributed by atoms with Gasteiger partial charge in [-0.3, -0.25) is 0 Å². The summed E-state index contributed by atoms with van der Waals surface area (Å²) in [4.78, 5) is 12.8. The van der Waals surface area contributed by atoms with Crippen LogP contribution in [0.2, 0.25) is 0 Å². The van der Waals surface area contributed by atoms with Crippen molar-refractivity contribution in [2.24, 2.45) is 0 Å². The van der Waals surface area contributed by atoms with E-state index in [-0.39, 0.29) is 13.2 Å². The largest absolute Gasteiger partial charge is 0.665 e. The van der Waals surface area contributed by atoms with Gasteiger partial charge in [0.15, 0.2) is 17.9 Å². The van der Waals surface area contributed by atoms with Crippen LogP contribution in [-0.4, -0.2) is 48.9 Å². The zero-order valence-electron chi connectivity index (χ0n) is 17.5. The molecule has 3 fully saturated rings. The van der Waals surface area contributed by atoms with Crippen LogP contribution in [0, 0.1) is 0 Å². The van der Waals surface area contributed by atoms with Gasteiger partial charge in [-0.05, 0) is 33.3 Å². The molecule has 0 amide bonds. The molecule has 3 aliphatic heterocycles. The van der Waals surface area contributed by atoms with Crippen molar-refractivity contribution in [3.63, 3.8) is 0 Å². The van der Waals surface area contributed by atoms with Crippen LogP contribution < -0.4 is 5.90 Å². The highest BCUT2D eigenvalue weighted by molar-refractivity contribution is 7.54. The van der Waals surface area contributed by atoms with E-state index in [1.165, 1.54) is 0 Å². The standard InChI is InChI=1S/C19H29NO9P/c1-18(2)25-14-13(24-17-16(15(14)26-18)27-19(3,4)28-17)11-23-30(21,29-20)22-10-12-8-6-5-7-9-12/h5-9,13-17H,10-11H2,1-4,20H3/q+2/t13-,14+,15+,16-,17-,30?/m1/s1. The second kappa shape index (κ2) is 8.31. The molecule has 3 saturated heterocycles. The lowest BCUT2D eigenvalue weighted by molar-refractivity contribution is -0.647. The van der Waals surface area contributed by atoms with Gasteiger partial charge in [0.05, 0.1) is 4.89 Å². The lowest BCUT2D eigenvalue weighted by Gasteiger charge is -2.36. The zero-order valence-corrected chi connectivity index (χ0v) is 18.4. The van der Waals surface area contributed by atoms with Crippen LogP contribution >= 0.6 is 8.17 Å². The van der Waals surface area contributed by atoms with Crippen LogP contribution in [0.15, 0.2) is 30.3 Å². The van der Waals surface area contributed by atoms with E-state index in [0.29, 0.717) is 0 Å². The van der Waals surface area contributed by atoms with Crippen LogP contribution in [0.3, 0.4) is 0 Å². The van der Waals surface area contributed by atoms with Gasteiger partial charge in [0.1, 0.15) is 37.6 Å². The van der Waals surface area contributed by atoms with Gasteiger partial charge in [0, 0.05) is 4.62 Å². The summed E-state index contributed by atoms with van der Waals surface area (Å²) in [6.07, 6.45) is -2.70. The molecular weight excluding hydrogens is 417 g/mol. The number of fused-ring (bicyclic) bond motifs is 3. The molecule has 0 saturated carbocycles. The Morgan fingerprint density at radius 2 is 1.57 bits per heavy atom. The Labute approximate surface area is 176 Å². The van der Waals surface area contributed by atoms with Crippen LogP contribution in [0.5, 0.6) is 0 Å². The van der Waals surface area contributed by atoms with Gasteiger partial charge in [-0.15, -0.1) is 9.05 Å². The quantitative estimate of drug-likeness (QED) is 0.498. The molecule has 4 rings (SSSR count). The number of benzene rings is 1. The molecule has 3 N–H and O–H groups in total. The summed E-state index contributed by atoms with van der Waals surface area (Å²) in [5.41, 5.74) is 0.822. The Kier molecular flexibility index (Phi) is 6.22. The van der Waals surface area contributed by atoms with Crippen molar-refractivity contribution in [2.75, 3.05) is 6.61 Å². The van der Waals surface area contributed by atoms with Gasteiger partial charge in [0.25, 0.3) is 0 Å². The average molecular weight is 446 g/mol. The Balaban J connectivity index is 1.42. The number of hydrogen-bond donors (Lipinski definition) is 1. The van der Waals surface area contributed by atoms with E-state index in [9.17, 15) is 4.89 Å². The molecular formula is C19H29NO9P+2. The first-order chi connectivity index (χ1) is 14.1. The fourth-order valence-electron chi connectivity index (χ4n) is 3.83. The number of rotatable bonds is 7. The highest BCUT2D eigenvalue weighted by Gasteiger charge is 2.62. The van der Waals surface area contributed by atoms with E-state index in [0.717, 1.165) is 5.56 Å². The van der Waals surface area contributed by atoms with Crippen LogP contribution in [0.25, 0.3) is 0 Å². The molecule has 0 aliphatic carbocycles. The van der Waals surface area contributed by atoms with Crippen molar-refractivity contribution >= 4 is 8.17 Å². The molecule has 10 nitrogen and oxygen atoms in total. The first kappa shape index (κ1) is 22.4. The minimum absolute atomic E-state index is 0.0493. The molecule has 6 atom stereocenters. The summed E-state index contributed by atoms with van der Waals surface area (Å²) in [5, 5.41) is 0. The smallest absolute Gasteiger partial charge is 0.342 e. The zero-order chi connectivity index (χ0) is 21.6. The van der Waals surface area contributed by atoms with Crippen molar-refractivity contribution in [2.45, 2.75) is 76.6 Å². The first-order valence-corrected chi connectivity index (χ1v) is 11.3. The Morgan fingerprint density at radius 1 is 0.933 bits per heavy atom. The fraction of sp³-hybridized carbons (Fsp3) is 0.684. The summed E-state index contributed by atoms with van der Waals surface area (Å²) in [5.74, 6) is 1.58. The third-order valence-electron chi connectivity index (χ3n) is 5.04. The Bertz CT molecular complexity index is 736. The van der Waals surface area contributed by atoms with Crippen LogP contribution in [-0.2, 0) is 48.9 Å². The predicted molar refractivity (Wildman–Crippen MR) is 101 cm³/mol. The van der Waals surface area contributed by atoms with E-state index in [4.69, 9.17) is 37.4 Å². The molecule has 3 aliphatic rings. The van der Waals surface area contributed by atoms with E-state index >= 15 is 0 Å². The molecule has 1 aromatic rings. The first-order valence-electron chi connectivity index (χ1n) is 9.83. The van der Waals surface area contributed by atoms with Gasteiger partial charge >= 0.3 is 8.17 Å². The normalized spacial score (nSPS) is 36.1. The second-order valence-electron chi connectivity index (χ2n) is 8.34. The van der Waals surface area contributed by atoms with Crippen LogP contribution in [0.4, 0.5) is 0 Å². The molecule has 3 heterocycles. The maximum absolute atomic E-state index is 12.8. The molecule has 1 radical (unpaired) electrons. The summed E-state index contributed by atoms with van der Waals surface area (Å²) in [6.45, 7) is 7.15. The molecule has 0 bridgehead atoms. The van der Waals surface area contributed by atoms with E-state index < -0.39 is 50.5 Å². The molecule has 11 heteroatoms. The van der Waals surface area contributed by atoms with Crippen molar-refractivity contribution in [1.82, 2.24) is 0 Å². The summed E-state index contributed by atoms with van der Waals surface area (Å²) >= 11 is 0. The van der Waals surface area contributed by atoms with Crippen LogP contribution in [0.1, 0.15) is 33.3 Å². The minimum Gasteiger partial charge on any atom is -0.342 e. The predicted octanol–water partition coefficient (Wildman–Crippen LogP) is 1.90. The van der Waals surface area contributed by atoms with Gasteiger partial charge < -0.3 is 23.7 Å².